The molecular formula is C19H21N5O. The Hall–Kier alpha value is -2.94. The van der Waals surface area contributed by atoms with Crippen molar-refractivity contribution in [3.63, 3.8) is 0 Å². The number of anilines is 1. The summed E-state index contributed by atoms with van der Waals surface area (Å²) in [5.74, 6) is 0.125. The molecule has 0 spiro atoms. The number of aryl methyl sites for hydroxylation is 2. The molecule has 3 rings (SSSR count). The van der Waals surface area contributed by atoms with Crippen molar-refractivity contribution in [2.75, 3.05) is 5.32 Å². The van der Waals surface area contributed by atoms with Crippen LogP contribution in [0.15, 0.2) is 30.5 Å². The van der Waals surface area contributed by atoms with Crippen LogP contribution in [0.5, 0.6) is 0 Å². The van der Waals surface area contributed by atoms with Gasteiger partial charge in [-0.3, -0.25) is 0 Å². The lowest BCUT2D eigenvalue weighted by Gasteiger charge is -2.30. The summed E-state index contributed by atoms with van der Waals surface area (Å²) in [6.45, 7) is 3.95. The fourth-order valence-electron chi connectivity index (χ4n) is 3.34. The third kappa shape index (κ3) is 3.61. The standard InChI is InChI=1S/C19H21N5O/c1-13-5-6-14(2)15(11-13)22-18(25)24-19(8-3-4-9-19)16-7-10-21-17(12-20)23-16/h5-7,10-11H,3-4,8-9H2,1-2H3,(H2,22,24,25). The molecule has 0 atom stereocenters. The van der Waals surface area contributed by atoms with Gasteiger partial charge < -0.3 is 10.6 Å². The highest BCUT2D eigenvalue weighted by Crippen LogP contribution is 2.37. The first-order valence-corrected chi connectivity index (χ1v) is 8.42. The second kappa shape index (κ2) is 6.89. The summed E-state index contributed by atoms with van der Waals surface area (Å²) in [5, 5.41) is 15.1. The van der Waals surface area contributed by atoms with Crippen molar-refractivity contribution < 1.29 is 4.79 Å². The molecule has 0 saturated heterocycles. The number of aromatic nitrogens is 2. The molecule has 2 aromatic rings. The van der Waals surface area contributed by atoms with Gasteiger partial charge in [-0.15, -0.1) is 0 Å². The summed E-state index contributed by atoms with van der Waals surface area (Å²) >= 11 is 0. The van der Waals surface area contributed by atoms with Crippen LogP contribution < -0.4 is 10.6 Å². The first-order chi connectivity index (χ1) is 12.0. The highest BCUT2D eigenvalue weighted by atomic mass is 16.2. The first-order valence-electron chi connectivity index (χ1n) is 8.42. The van der Waals surface area contributed by atoms with Crippen molar-refractivity contribution in [1.82, 2.24) is 15.3 Å². The van der Waals surface area contributed by atoms with Crippen LogP contribution in [-0.4, -0.2) is 16.0 Å². The van der Waals surface area contributed by atoms with Gasteiger partial charge in [0.05, 0.1) is 11.2 Å². The molecule has 1 aliphatic rings. The van der Waals surface area contributed by atoms with E-state index in [9.17, 15) is 4.79 Å². The van der Waals surface area contributed by atoms with Crippen LogP contribution in [0.2, 0.25) is 0 Å². The van der Waals surface area contributed by atoms with E-state index in [2.05, 4.69) is 20.6 Å². The third-order valence-corrected chi connectivity index (χ3v) is 4.70. The molecule has 128 valence electrons. The number of amides is 2. The molecule has 25 heavy (non-hydrogen) atoms. The second-order valence-electron chi connectivity index (χ2n) is 6.56. The smallest absolute Gasteiger partial charge is 0.319 e. The van der Waals surface area contributed by atoms with Crippen LogP contribution in [0.4, 0.5) is 10.5 Å². The van der Waals surface area contributed by atoms with E-state index in [0.717, 1.165) is 42.5 Å². The van der Waals surface area contributed by atoms with Crippen LogP contribution >= 0.6 is 0 Å². The van der Waals surface area contributed by atoms with Gasteiger partial charge in [0.2, 0.25) is 5.82 Å². The molecule has 1 aromatic heterocycles. The molecule has 1 fully saturated rings. The second-order valence-corrected chi connectivity index (χ2v) is 6.56. The summed E-state index contributed by atoms with van der Waals surface area (Å²) in [4.78, 5) is 20.9. The molecule has 1 heterocycles. The number of benzene rings is 1. The molecule has 1 aromatic carbocycles. The topological polar surface area (TPSA) is 90.7 Å². The van der Waals surface area contributed by atoms with E-state index in [4.69, 9.17) is 5.26 Å². The summed E-state index contributed by atoms with van der Waals surface area (Å²) in [6.07, 6.45) is 5.20. The normalized spacial score (nSPS) is 15.4. The predicted octanol–water partition coefficient (Wildman–Crippen LogP) is 3.56. The molecule has 2 N–H and O–H groups in total. The van der Waals surface area contributed by atoms with E-state index in [0.29, 0.717) is 5.69 Å². The van der Waals surface area contributed by atoms with Gasteiger partial charge in [-0.05, 0) is 49.9 Å². The maximum absolute atomic E-state index is 12.6. The minimum atomic E-state index is -0.545. The zero-order chi connectivity index (χ0) is 17.9. The molecule has 6 nitrogen and oxygen atoms in total. The fraction of sp³-hybridized carbons (Fsp3) is 0.368. The average molecular weight is 335 g/mol. The minimum Gasteiger partial charge on any atom is -0.327 e. The number of nitrogens with one attached hydrogen (secondary N) is 2. The van der Waals surface area contributed by atoms with Crippen molar-refractivity contribution in [1.29, 1.82) is 5.26 Å². The number of carbonyl (C=O) groups is 1. The van der Waals surface area contributed by atoms with E-state index < -0.39 is 5.54 Å². The van der Waals surface area contributed by atoms with E-state index in [1.807, 2.05) is 38.1 Å². The zero-order valence-corrected chi connectivity index (χ0v) is 14.5. The lowest BCUT2D eigenvalue weighted by molar-refractivity contribution is 0.235. The van der Waals surface area contributed by atoms with Gasteiger partial charge in [-0.25, -0.2) is 14.8 Å². The Bertz CT molecular complexity index is 834. The quantitative estimate of drug-likeness (QED) is 0.897. The highest BCUT2D eigenvalue weighted by molar-refractivity contribution is 5.90. The van der Waals surface area contributed by atoms with Crippen molar-refractivity contribution in [2.24, 2.45) is 0 Å². The highest BCUT2D eigenvalue weighted by Gasteiger charge is 2.38. The third-order valence-electron chi connectivity index (χ3n) is 4.70. The van der Waals surface area contributed by atoms with Crippen molar-refractivity contribution in [2.45, 2.75) is 45.1 Å². The van der Waals surface area contributed by atoms with Crippen LogP contribution in [0.1, 0.15) is 48.3 Å². The molecule has 0 unspecified atom stereocenters. The van der Waals surface area contributed by atoms with Gasteiger partial charge in [0.1, 0.15) is 6.07 Å². The number of nitrogens with zero attached hydrogens (tertiary/aromatic N) is 3. The monoisotopic (exact) mass is 335 g/mol. The Balaban J connectivity index is 1.83. The summed E-state index contributed by atoms with van der Waals surface area (Å²) in [6, 6.07) is 9.44. The Kier molecular flexibility index (Phi) is 4.66. The predicted molar refractivity (Wildman–Crippen MR) is 95.0 cm³/mol. The van der Waals surface area contributed by atoms with Crippen LogP contribution in [0, 0.1) is 25.2 Å². The number of nitriles is 1. The maximum Gasteiger partial charge on any atom is 0.319 e. The molecule has 2 amide bonds. The number of urea groups is 1. The van der Waals surface area contributed by atoms with E-state index in [1.54, 1.807) is 12.3 Å². The molecule has 6 heteroatoms. The summed E-state index contributed by atoms with van der Waals surface area (Å²) in [7, 11) is 0. The van der Waals surface area contributed by atoms with E-state index >= 15 is 0 Å². The minimum absolute atomic E-state index is 0.125. The van der Waals surface area contributed by atoms with Gasteiger partial charge in [-0.2, -0.15) is 5.26 Å². The molecule has 1 aliphatic carbocycles. The van der Waals surface area contributed by atoms with Gasteiger partial charge in [0.15, 0.2) is 0 Å². The van der Waals surface area contributed by atoms with Crippen LogP contribution in [0.25, 0.3) is 0 Å². The van der Waals surface area contributed by atoms with Crippen molar-refractivity contribution >= 4 is 11.7 Å². The summed E-state index contributed by atoms with van der Waals surface area (Å²) < 4.78 is 0. The number of rotatable bonds is 3. The Morgan fingerprint density at radius 1 is 1.24 bits per heavy atom. The lowest BCUT2D eigenvalue weighted by atomic mass is 9.93. The van der Waals surface area contributed by atoms with Crippen LogP contribution in [-0.2, 0) is 5.54 Å². The van der Waals surface area contributed by atoms with Crippen molar-refractivity contribution in [3.8, 4) is 6.07 Å². The van der Waals surface area contributed by atoms with E-state index in [1.165, 1.54) is 0 Å². The van der Waals surface area contributed by atoms with Crippen molar-refractivity contribution in [3.05, 3.63) is 53.1 Å². The largest absolute Gasteiger partial charge is 0.327 e. The molecule has 0 radical (unpaired) electrons. The number of hydrogen-bond acceptors (Lipinski definition) is 4. The SMILES string of the molecule is Cc1ccc(C)c(NC(=O)NC2(c3ccnc(C#N)n3)CCCC2)c1. The molecule has 0 aliphatic heterocycles. The van der Waals surface area contributed by atoms with Gasteiger partial charge in [-0.1, -0.05) is 25.0 Å². The van der Waals surface area contributed by atoms with Gasteiger partial charge in [0, 0.05) is 11.9 Å². The lowest BCUT2D eigenvalue weighted by Crippen LogP contribution is -2.46. The fourth-order valence-corrected chi connectivity index (χ4v) is 3.34. The Morgan fingerprint density at radius 2 is 2.00 bits per heavy atom. The Morgan fingerprint density at radius 3 is 2.72 bits per heavy atom. The number of carbonyl (C=O) groups excluding carboxylic acids is 1. The molecule has 0 bridgehead atoms. The van der Waals surface area contributed by atoms with Gasteiger partial charge >= 0.3 is 6.03 Å². The molecular weight excluding hydrogens is 314 g/mol. The molecule has 1 saturated carbocycles. The van der Waals surface area contributed by atoms with Gasteiger partial charge in [0.25, 0.3) is 0 Å². The average Bonchev–Trinajstić information content (AvgIpc) is 3.08. The zero-order valence-electron chi connectivity index (χ0n) is 14.5. The van der Waals surface area contributed by atoms with Crippen LogP contribution in [0.3, 0.4) is 0 Å². The Labute approximate surface area is 147 Å². The maximum atomic E-state index is 12.6. The number of hydrogen-bond donors (Lipinski definition) is 2. The first kappa shape index (κ1) is 16.9. The van der Waals surface area contributed by atoms with E-state index in [-0.39, 0.29) is 11.9 Å². The summed E-state index contributed by atoms with van der Waals surface area (Å²) in [5.41, 5.74) is 3.05.